The Morgan fingerprint density at radius 3 is 2.77 bits per heavy atom. The van der Waals surface area contributed by atoms with Gasteiger partial charge in [0.1, 0.15) is 30.5 Å². The summed E-state index contributed by atoms with van der Waals surface area (Å²) in [5.41, 5.74) is 0.543. The van der Waals surface area contributed by atoms with Crippen LogP contribution in [0.25, 0.3) is 11.0 Å². The third-order valence-electron chi connectivity index (χ3n) is 5.33. The van der Waals surface area contributed by atoms with Gasteiger partial charge in [-0.2, -0.15) is 15.1 Å². The van der Waals surface area contributed by atoms with E-state index >= 15 is 0 Å². The fourth-order valence-electron chi connectivity index (χ4n) is 3.26. The van der Waals surface area contributed by atoms with Crippen molar-refractivity contribution in [3.05, 3.63) is 11.5 Å². The number of nitrogens with zero attached hydrogens (tertiary/aromatic N) is 4. The minimum absolute atomic E-state index is 0.0118. The van der Waals surface area contributed by atoms with E-state index in [9.17, 15) is 14.8 Å². The Kier molecular flexibility index (Phi) is 5.79. The highest BCUT2D eigenvalue weighted by molar-refractivity contribution is 7.51. The van der Waals surface area contributed by atoms with E-state index in [2.05, 4.69) is 27.3 Å². The number of hydrogen-bond acceptors (Lipinski definition) is 9. The van der Waals surface area contributed by atoms with Crippen LogP contribution in [0, 0.1) is 5.41 Å². The largest absolute Gasteiger partial charge is 0.387 e. The summed E-state index contributed by atoms with van der Waals surface area (Å²) < 4.78 is 22.8. The molecule has 0 radical (unpaired) electrons. The maximum absolute atomic E-state index is 10.9. The van der Waals surface area contributed by atoms with E-state index in [1.807, 2.05) is 0 Å². The third-order valence-corrected chi connectivity index (χ3v) is 6.02. The molecule has 2 aromatic rings. The lowest BCUT2D eigenvalue weighted by Crippen LogP contribution is -2.34. The topological polar surface area (TPSA) is 172 Å². The van der Waals surface area contributed by atoms with Gasteiger partial charge in [-0.1, -0.05) is 6.92 Å². The number of fused-ring (bicyclic) bond motifs is 1. The second kappa shape index (κ2) is 7.95. The number of ether oxygens (including phenoxy) is 2. The molecule has 166 valence electrons. The van der Waals surface area contributed by atoms with Crippen LogP contribution in [0.15, 0.2) is 6.20 Å². The number of halogens is 1. The van der Waals surface area contributed by atoms with E-state index < -0.39 is 38.5 Å². The smallest absolute Gasteiger partial charge is 0.350 e. The first-order valence-electron chi connectivity index (χ1n) is 9.35. The molecular weight excluding hydrogens is 441 g/mol. The van der Waals surface area contributed by atoms with Crippen LogP contribution in [0.4, 0.5) is 5.82 Å². The SMILES string of the molecule is CC1(CNc2nc(Cl)nc3c2cnn3[C@@H]2O[C@H](COCP(=O)(O)O)[C@@H](O)[C@H]2O)CC1. The Hall–Kier alpha value is -1.37. The minimum atomic E-state index is -4.36. The van der Waals surface area contributed by atoms with Crippen molar-refractivity contribution in [2.75, 3.05) is 24.8 Å². The zero-order valence-electron chi connectivity index (χ0n) is 16.0. The molecule has 1 aliphatic carbocycles. The molecule has 30 heavy (non-hydrogen) atoms. The quantitative estimate of drug-likeness (QED) is 0.272. The standard InChI is InChI=1S/C16H23ClN5O7P/c1-16(2-3-16)6-18-12-8-4-19-22(13(8)21-15(17)20-12)14-11(24)10(23)9(29-14)5-28-7-30(25,26)27/h4,9-11,14,23-24H,2-3,5-7H2,1H3,(H,18,20,21)(H2,25,26,27)/t9-,10-,11-,14-/m1/s1. The van der Waals surface area contributed by atoms with Gasteiger partial charge in [-0.05, 0) is 29.9 Å². The Morgan fingerprint density at radius 2 is 2.10 bits per heavy atom. The first kappa shape index (κ1) is 21.8. The highest BCUT2D eigenvalue weighted by Gasteiger charge is 2.45. The molecule has 1 saturated heterocycles. The highest BCUT2D eigenvalue weighted by atomic mass is 35.5. The molecule has 0 spiro atoms. The van der Waals surface area contributed by atoms with Crippen molar-refractivity contribution in [2.24, 2.45) is 5.41 Å². The first-order chi connectivity index (χ1) is 14.1. The zero-order chi connectivity index (χ0) is 21.7. The fourth-order valence-corrected chi connectivity index (χ4v) is 3.77. The summed E-state index contributed by atoms with van der Waals surface area (Å²) in [5, 5.41) is 28.8. The van der Waals surface area contributed by atoms with E-state index in [1.165, 1.54) is 10.9 Å². The van der Waals surface area contributed by atoms with Crippen molar-refractivity contribution in [3.8, 4) is 0 Å². The van der Waals surface area contributed by atoms with Crippen LogP contribution >= 0.6 is 19.2 Å². The monoisotopic (exact) mass is 463 g/mol. The van der Waals surface area contributed by atoms with E-state index in [4.69, 9.17) is 30.9 Å². The average molecular weight is 464 g/mol. The Labute approximate surface area is 176 Å². The molecule has 2 aromatic heterocycles. The summed E-state index contributed by atoms with van der Waals surface area (Å²) in [4.78, 5) is 26.1. The van der Waals surface area contributed by atoms with Crippen molar-refractivity contribution in [2.45, 2.75) is 44.3 Å². The van der Waals surface area contributed by atoms with Gasteiger partial charge in [0.2, 0.25) is 5.28 Å². The second-order valence-electron chi connectivity index (χ2n) is 8.04. The van der Waals surface area contributed by atoms with Gasteiger partial charge in [0.25, 0.3) is 0 Å². The molecule has 0 aromatic carbocycles. The normalized spacial score (nSPS) is 28.2. The molecule has 12 nitrogen and oxygen atoms in total. The van der Waals surface area contributed by atoms with Crippen LogP contribution < -0.4 is 5.32 Å². The number of nitrogens with one attached hydrogen (secondary N) is 1. The molecular formula is C16H23ClN5O7P. The summed E-state index contributed by atoms with van der Waals surface area (Å²) >= 11 is 6.08. The lowest BCUT2D eigenvalue weighted by Gasteiger charge is -2.16. The number of anilines is 1. The Morgan fingerprint density at radius 1 is 1.37 bits per heavy atom. The molecule has 3 heterocycles. The second-order valence-corrected chi connectivity index (χ2v) is 9.97. The predicted octanol–water partition coefficient (Wildman–Crippen LogP) is 0.463. The lowest BCUT2D eigenvalue weighted by molar-refractivity contribution is -0.0658. The summed E-state index contributed by atoms with van der Waals surface area (Å²) in [6.07, 6.45) is -1.87. The van der Waals surface area contributed by atoms with Crippen molar-refractivity contribution < 1.29 is 34.0 Å². The van der Waals surface area contributed by atoms with Gasteiger partial charge in [-0.3, -0.25) is 4.57 Å². The predicted molar refractivity (Wildman–Crippen MR) is 105 cm³/mol. The van der Waals surface area contributed by atoms with E-state index in [1.54, 1.807) is 0 Å². The van der Waals surface area contributed by atoms with Crippen molar-refractivity contribution in [1.29, 1.82) is 0 Å². The van der Waals surface area contributed by atoms with Crippen molar-refractivity contribution in [3.63, 3.8) is 0 Å². The number of rotatable bonds is 8. The number of aliphatic hydroxyl groups excluding tert-OH is 2. The summed E-state index contributed by atoms with van der Waals surface area (Å²) in [6.45, 7) is 2.57. The number of hydrogen-bond donors (Lipinski definition) is 5. The lowest BCUT2D eigenvalue weighted by atomic mass is 10.1. The van der Waals surface area contributed by atoms with Gasteiger partial charge in [-0.25, -0.2) is 4.68 Å². The van der Waals surface area contributed by atoms with E-state index in [0.717, 1.165) is 19.4 Å². The molecule has 2 aliphatic rings. The maximum atomic E-state index is 10.9. The first-order valence-corrected chi connectivity index (χ1v) is 11.5. The van der Waals surface area contributed by atoms with Gasteiger partial charge in [0.05, 0.1) is 18.2 Å². The van der Waals surface area contributed by atoms with Gasteiger partial charge in [-0.15, -0.1) is 0 Å². The summed E-state index contributed by atoms with van der Waals surface area (Å²) in [6, 6.07) is 0. The van der Waals surface area contributed by atoms with Crippen LogP contribution in [0.5, 0.6) is 0 Å². The summed E-state index contributed by atoms with van der Waals surface area (Å²) in [5.74, 6) is 0.513. The Bertz CT molecular complexity index is 980. The number of aliphatic hydroxyl groups is 2. The molecule has 2 fully saturated rings. The minimum Gasteiger partial charge on any atom is -0.387 e. The van der Waals surface area contributed by atoms with Gasteiger partial charge < -0.3 is 34.8 Å². The molecule has 5 N–H and O–H groups in total. The average Bonchev–Trinajstić information content (AvgIpc) is 3.15. The molecule has 0 unspecified atom stereocenters. The molecule has 14 heteroatoms. The van der Waals surface area contributed by atoms with Gasteiger partial charge >= 0.3 is 7.60 Å². The zero-order valence-corrected chi connectivity index (χ0v) is 17.7. The molecule has 0 amide bonds. The molecule has 1 aliphatic heterocycles. The molecule has 1 saturated carbocycles. The van der Waals surface area contributed by atoms with E-state index in [-0.39, 0.29) is 17.3 Å². The van der Waals surface area contributed by atoms with Crippen LogP contribution in [0.3, 0.4) is 0 Å². The highest BCUT2D eigenvalue weighted by Crippen LogP contribution is 2.45. The van der Waals surface area contributed by atoms with E-state index in [0.29, 0.717) is 16.9 Å². The number of aromatic nitrogens is 4. The summed E-state index contributed by atoms with van der Waals surface area (Å²) in [7, 11) is -4.36. The third kappa shape index (κ3) is 4.61. The van der Waals surface area contributed by atoms with Crippen LogP contribution in [0.2, 0.25) is 5.28 Å². The fraction of sp³-hybridized carbons (Fsp3) is 0.688. The molecule has 4 rings (SSSR count). The van der Waals surface area contributed by atoms with Gasteiger partial charge in [0, 0.05) is 6.54 Å². The van der Waals surface area contributed by atoms with Crippen LogP contribution in [0.1, 0.15) is 26.0 Å². The Balaban J connectivity index is 1.53. The molecule has 0 bridgehead atoms. The maximum Gasteiger partial charge on any atom is 0.350 e. The van der Waals surface area contributed by atoms with Crippen LogP contribution in [-0.2, 0) is 14.0 Å². The van der Waals surface area contributed by atoms with Crippen molar-refractivity contribution in [1.82, 2.24) is 19.7 Å². The van der Waals surface area contributed by atoms with Crippen LogP contribution in [-0.4, -0.2) is 77.6 Å². The van der Waals surface area contributed by atoms with Crippen molar-refractivity contribution >= 4 is 36.0 Å². The van der Waals surface area contributed by atoms with Gasteiger partial charge in [0.15, 0.2) is 11.9 Å². The molecule has 4 atom stereocenters.